The molecule has 0 spiro atoms. The molecule has 2 amide bonds. The molecule has 0 bridgehead atoms. The molecule has 2 aliphatic rings. The Hall–Kier alpha value is -2.76. The van der Waals surface area contributed by atoms with Crippen LogP contribution in [0.25, 0.3) is 0 Å². The highest BCUT2D eigenvalue weighted by Gasteiger charge is 2.39. The van der Waals surface area contributed by atoms with Crippen LogP contribution in [-0.4, -0.2) is 49.4 Å². The third-order valence-corrected chi connectivity index (χ3v) is 5.46. The van der Waals surface area contributed by atoms with Gasteiger partial charge < -0.3 is 15.1 Å². The van der Waals surface area contributed by atoms with Gasteiger partial charge in [-0.25, -0.2) is 0 Å². The number of anilines is 1. The van der Waals surface area contributed by atoms with Gasteiger partial charge in [-0.05, 0) is 31.0 Å². The monoisotopic (exact) mass is 394 g/mol. The predicted molar refractivity (Wildman–Crippen MR) is 95.3 cm³/mol. The number of nitrogens with zero attached hydrogens (tertiary/aromatic N) is 3. The van der Waals surface area contributed by atoms with Crippen molar-refractivity contribution < 1.29 is 22.8 Å². The Morgan fingerprint density at radius 2 is 1.96 bits per heavy atom. The van der Waals surface area contributed by atoms with E-state index >= 15 is 0 Å². The molecule has 1 aliphatic heterocycles. The first-order valence-corrected chi connectivity index (χ1v) is 9.14. The third kappa shape index (κ3) is 3.77. The van der Waals surface area contributed by atoms with Crippen LogP contribution < -0.4 is 10.2 Å². The van der Waals surface area contributed by atoms with E-state index in [1.807, 2.05) is 0 Å². The molecule has 2 fully saturated rings. The van der Waals surface area contributed by atoms with Gasteiger partial charge >= 0.3 is 6.18 Å². The molecule has 0 aromatic heterocycles. The summed E-state index contributed by atoms with van der Waals surface area (Å²) in [7, 11) is 1.45. The number of nitrogens with one attached hydrogen (secondary N) is 1. The van der Waals surface area contributed by atoms with E-state index in [1.165, 1.54) is 13.1 Å². The molecule has 150 valence electrons. The molecule has 28 heavy (non-hydrogen) atoms. The van der Waals surface area contributed by atoms with Gasteiger partial charge in [-0.2, -0.15) is 18.4 Å². The molecule has 1 atom stereocenters. The van der Waals surface area contributed by atoms with E-state index in [2.05, 4.69) is 5.32 Å². The summed E-state index contributed by atoms with van der Waals surface area (Å²) >= 11 is 0. The van der Waals surface area contributed by atoms with Crippen LogP contribution in [0.1, 0.15) is 30.4 Å². The lowest BCUT2D eigenvalue weighted by atomic mass is 9.84. The number of carbonyl (C=O) groups excluding carboxylic acids is 2. The van der Waals surface area contributed by atoms with E-state index in [0.717, 1.165) is 31.4 Å². The Labute approximate surface area is 160 Å². The second kappa shape index (κ2) is 7.70. The van der Waals surface area contributed by atoms with Crippen LogP contribution >= 0.6 is 0 Å². The molecule has 1 unspecified atom stereocenters. The van der Waals surface area contributed by atoms with Gasteiger partial charge in [0.05, 0.1) is 23.7 Å². The topological polar surface area (TPSA) is 76.4 Å². The average Bonchev–Trinajstić information content (AvgIpc) is 2.64. The lowest BCUT2D eigenvalue weighted by molar-refractivity contribution is -0.140. The Bertz CT molecular complexity index is 814. The highest BCUT2D eigenvalue weighted by molar-refractivity contribution is 5.87. The van der Waals surface area contributed by atoms with Gasteiger partial charge in [0, 0.05) is 31.7 Å². The van der Waals surface area contributed by atoms with E-state index in [-0.39, 0.29) is 36.5 Å². The summed E-state index contributed by atoms with van der Waals surface area (Å²) in [5.41, 5.74) is -1.29. The maximum Gasteiger partial charge on any atom is 0.417 e. The van der Waals surface area contributed by atoms with Crippen LogP contribution in [0.5, 0.6) is 0 Å². The predicted octanol–water partition coefficient (Wildman–Crippen LogP) is 2.14. The van der Waals surface area contributed by atoms with Gasteiger partial charge in [0.15, 0.2) is 0 Å². The SMILES string of the molecule is CNC(=O)C1CN(C(=O)C2CCC2)CCN1c1ccc(C#N)c(C(F)(F)F)c1. The van der Waals surface area contributed by atoms with Crippen LogP contribution in [0.15, 0.2) is 18.2 Å². The molecule has 1 N–H and O–H groups in total. The number of carbonyl (C=O) groups is 2. The van der Waals surface area contributed by atoms with Crippen molar-refractivity contribution in [1.29, 1.82) is 5.26 Å². The van der Waals surface area contributed by atoms with Crippen LogP contribution in [0.4, 0.5) is 18.9 Å². The minimum atomic E-state index is -4.68. The van der Waals surface area contributed by atoms with Crippen molar-refractivity contribution in [3.63, 3.8) is 0 Å². The average molecular weight is 394 g/mol. The number of amides is 2. The molecule has 0 radical (unpaired) electrons. The molecular formula is C19H21F3N4O2. The van der Waals surface area contributed by atoms with Crippen molar-refractivity contribution in [1.82, 2.24) is 10.2 Å². The number of alkyl halides is 3. The number of benzene rings is 1. The van der Waals surface area contributed by atoms with Gasteiger partial charge in [-0.3, -0.25) is 9.59 Å². The van der Waals surface area contributed by atoms with Crippen molar-refractivity contribution in [3.8, 4) is 6.07 Å². The number of hydrogen-bond donors (Lipinski definition) is 1. The molecule has 9 heteroatoms. The minimum Gasteiger partial charge on any atom is -0.357 e. The van der Waals surface area contributed by atoms with Gasteiger partial charge in [-0.15, -0.1) is 0 Å². The van der Waals surface area contributed by atoms with Gasteiger partial charge in [0.1, 0.15) is 6.04 Å². The van der Waals surface area contributed by atoms with E-state index in [0.29, 0.717) is 6.54 Å². The van der Waals surface area contributed by atoms with Crippen LogP contribution in [0.3, 0.4) is 0 Å². The zero-order valence-electron chi connectivity index (χ0n) is 15.4. The summed E-state index contributed by atoms with van der Waals surface area (Å²) in [6.45, 7) is 0.695. The standard InChI is InChI=1S/C19H21F3N4O2/c1-24-17(27)16-11-25(18(28)12-3-2-4-12)7-8-26(16)14-6-5-13(10-23)15(9-14)19(20,21)22/h5-6,9,12,16H,2-4,7-8,11H2,1H3,(H,24,27). The maximum absolute atomic E-state index is 13.3. The Balaban J connectivity index is 1.89. The number of likely N-dealkylation sites (N-methyl/N-ethyl adjacent to an activating group) is 1. The van der Waals surface area contributed by atoms with E-state index in [4.69, 9.17) is 5.26 Å². The van der Waals surface area contributed by atoms with E-state index in [9.17, 15) is 22.8 Å². The van der Waals surface area contributed by atoms with Gasteiger partial charge in [0.25, 0.3) is 0 Å². The summed E-state index contributed by atoms with van der Waals surface area (Å²) < 4.78 is 39.9. The fraction of sp³-hybridized carbons (Fsp3) is 0.526. The van der Waals surface area contributed by atoms with Crippen LogP contribution in [0.2, 0.25) is 0 Å². The minimum absolute atomic E-state index is 0.00983. The molecular weight excluding hydrogens is 373 g/mol. The first kappa shape index (κ1) is 20.0. The van der Waals surface area contributed by atoms with Crippen molar-refractivity contribution >= 4 is 17.5 Å². The summed E-state index contributed by atoms with van der Waals surface area (Å²) in [5.74, 6) is -0.372. The molecule has 6 nitrogen and oxygen atoms in total. The molecule has 3 rings (SSSR count). The number of rotatable bonds is 3. The van der Waals surface area contributed by atoms with Crippen LogP contribution in [-0.2, 0) is 15.8 Å². The Kier molecular flexibility index (Phi) is 5.49. The highest BCUT2D eigenvalue weighted by atomic mass is 19.4. The largest absolute Gasteiger partial charge is 0.417 e. The fourth-order valence-corrected chi connectivity index (χ4v) is 3.64. The van der Waals surface area contributed by atoms with Gasteiger partial charge in [0.2, 0.25) is 11.8 Å². The summed E-state index contributed by atoms with van der Waals surface area (Å²) in [6, 6.07) is 4.19. The first-order valence-electron chi connectivity index (χ1n) is 9.14. The molecule has 1 aliphatic carbocycles. The smallest absolute Gasteiger partial charge is 0.357 e. The van der Waals surface area contributed by atoms with Crippen LogP contribution in [0, 0.1) is 17.2 Å². The first-order chi connectivity index (χ1) is 13.3. The lowest BCUT2D eigenvalue weighted by Gasteiger charge is -2.43. The number of piperazine rings is 1. The molecule has 1 saturated heterocycles. The lowest BCUT2D eigenvalue weighted by Crippen LogP contribution is -2.61. The van der Waals surface area contributed by atoms with Crippen molar-refractivity contribution in [2.75, 3.05) is 31.6 Å². The zero-order valence-corrected chi connectivity index (χ0v) is 15.4. The second-order valence-electron chi connectivity index (χ2n) is 7.07. The number of halogens is 3. The van der Waals surface area contributed by atoms with E-state index < -0.39 is 23.3 Å². The molecule has 1 aromatic rings. The summed E-state index contributed by atoms with van der Waals surface area (Å²) in [4.78, 5) is 28.2. The maximum atomic E-state index is 13.3. The van der Waals surface area contributed by atoms with Crippen molar-refractivity contribution in [2.45, 2.75) is 31.5 Å². The highest BCUT2D eigenvalue weighted by Crippen LogP contribution is 2.35. The zero-order chi connectivity index (χ0) is 20.5. The van der Waals surface area contributed by atoms with Crippen molar-refractivity contribution in [3.05, 3.63) is 29.3 Å². The second-order valence-corrected chi connectivity index (χ2v) is 7.07. The molecule has 1 aromatic carbocycles. The number of hydrogen-bond acceptors (Lipinski definition) is 4. The molecule has 1 saturated carbocycles. The van der Waals surface area contributed by atoms with Gasteiger partial charge in [-0.1, -0.05) is 6.42 Å². The normalized spacial score (nSPS) is 20.3. The Morgan fingerprint density at radius 3 is 2.50 bits per heavy atom. The quantitative estimate of drug-likeness (QED) is 0.852. The number of nitriles is 1. The summed E-state index contributed by atoms with van der Waals surface area (Å²) in [6.07, 6.45) is -1.98. The molecule has 1 heterocycles. The summed E-state index contributed by atoms with van der Waals surface area (Å²) in [5, 5.41) is 11.5. The fourth-order valence-electron chi connectivity index (χ4n) is 3.64. The Morgan fingerprint density at radius 1 is 1.25 bits per heavy atom. The van der Waals surface area contributed by atoms with E-state index in [1.54, 1.807) is 15.9 Å². The third-order valence-electron chi connectivity index (χ3n) is 5.46. The van der Waals surface area contributed by atoms with Crippen molar-refractivity contribution in [2.24, 2.45) is 5.92 Å².